The average Bonchev–Trinajstić information content (AvgIpc) is 3.46. The van der Waals surface area contributed by atoms with Crippen molar-refractivity contribution in [2.24, 2.45) is 0 Å². The summed E-state index contributed by atoms with van der Waals surface area (Å²) in [5.41, 5.74) is 0. The molecular formula is C74H128O6. The topological polar surface area (TPSA) is 78.9 Å². The monoisotopic (exact) mass is 1110 g/mol. The van der Waals surface area contributed by atoms with E-state index in [0.717, 1.165) is 116 Å². The van der Waals surface area contributed by atoms with Gasteiger partial charge in [0.05, 0.1) is 0 Å². The molecule has 0 N–H and O–H groups in total. The average molecular weight is 1110 g/mol. The van der Waals surface area contributed by atoms with Crippen LogP contribution in [0.5, 0.6) is 0 Å². The second kappa shape index (κ2) is 67.8. The van der Waals surface area contributed by atoms with Gasteiger partial charge in [0, 0.05) is 19.3 Å². The molecule has 0 aliphatic carbocycles. The number of ether oxygens (including phenoxy) is 3. The van der Waals surface area contributed by atoms with E-state index in [1.165, 1.54) is 180 Å². The molecule has 0 spiro atoms. The highest BCUT2D eigenvalue weighted by Gasteiger charge is 2.19. The Morgan fingerprint density at radius 3 is 0.762 bits per heavy atom. The molecule has 1 unspecified atom stereocenters. The zero-order chi connectivity index (χ0) is 57.8. The van der Waals surface area contributed by atoms with Crippen molar-refractivity contribution in [3.05, 3.63) is 97.2 Å². The van der Waals surface area contributed by atoms with Gasteiger partial charge in [-0.25, -0.2) is 0 Å². The second-order valence-corrected chi connectivity index (χ2v) is 22.7. The van der Waals surface area contributed by atoms with E-state index in [2.05, 4.69) is 118 Å². The van der Waals surface area contributed by atoms with Crippen molar-refractivity contribution in [3.8, 4) is 0 Å². The third kappa shape index (κ3) is 65.1. The van der Waals surface area contributed by atoms with E-state index in [-0.39, 0.29) is 31.1 Å². The van der Waals surface area contributed by atoms with Crippen molar-refractivity contribution in [2.75, 3.05) is 13.2 Å². The van der Waals surface area contributed by atoms with Gasteiger partial charge in [-0.15, -0.1) is 0 Å². The fourth-order valence-corrected chi connectivity index (χ4v) is 9.78. The van der Waals surface area contributed by atoms with Crippen LogP contribution in [-0.2, 0) is 28.6 Å². The zero-order valence-electron chi connectivity index (χ0n) is 52.8. The quantitative estimate of drug-likeness (QED) is 0.0261. The van der Waals surface area contributed by atoms with Crippen molar-refractivity contribution in [1.29, 1.82) is 0 Å². The minimum absolute atomic E-state index is 0.0777. The normalized spacial score (nSPS) is 12.7. The molecule has 80 heavy (non-hydrogen) atoms. The number of unbranched alkanes of at least 4 members (excludes halogenated alkanes) is 35. The van der Waals surface area contributed by atoms with Gasteiger partial charge in [-0.1, -0.05) is 317 Å². The summed E-state index contributed by atoms with van der Waals surface area (Å²) in [4.78, 5) is 38.5. The van der Waals surface area contributed by atoms with Crippen molar-refractivity contribution in [2.45, 2.75) is 341 Å². The fraction of sp³-hybridized carbons (Fsp3) is 0.743. The molecule has 0 saturated heterocycles. The molecule has 0 aromatic carbocycles. The minimum Gasteiger partial charge on any atom is -0.462 e. The largest absolute Gasteiger partial charge is 0.462 e. The number of allylic oxidation sites excluding steroid dienone is 16. The Morgan fingerprint density at radius 1 is 0.263 bits per heavy atom. The predicted molar refractivity (Wildman–Crippen MR) is 348 cm³/mol. The van der Waals surface area contributed by atoms with Crippen LogP contribution >= 0.6 is 0 Å². The third-order valence-electron chi connectivity index (χ3n) is 14.8. The van der Waals surface area contributed by atoms with Crippen LogP contribution in [0.3, 0.4) is 0 Å². The van der Waals surface area contributed by atoms with Crippen LogP contribution in [-0.4, -0.2) is 37.2 Å². The first kappa shape index (κ1) is 76.3. The molecule has 1 atom stereocenters. The Kier molecular flexibility index (Phi) is 64.7. The van der Waals surface area contributed by atoms with Gasteiger partial charge in [-0.05, 0) is 96.3 Å². The maximum atomic E-state index is 13.0. The van der Waals surface area contributed by atoms with Gasteiger partial charge in [0.1, 0.15) is 13.2 Å². The van der Waals surface area contributed by atoms with Crippen LogP contribution in [0.15, 0.2) is 97.2 Å². The van der Waals surface area contributed by atoms with E-state index in [1.54, 1.807) is 0 Å². The first-order valence-electron chi connectivity index (χ1n) is 34.2. The number of hydrogen-bond acceptors (Lipinski definition) is 6. The van der Waals surface area contributed by atoms with Gasteiger partial charge >= 0.3 is 17.9 Å². The van der Waals surface area contributed by atoms with Gasteiger partial charge in [0.15, 0.2) is 6.10 Å². The van der Waals surface area contributed by atoms with Crippen molar-refractivity contribution >= 4 is 17.9 Å². The molecule has 0 aliphatic rings. The van der Waals surface area contributed by atoms with E-state index < -0.39 is 6.10 Å². The Bertz CT molecular complexity index is 1560. The SMILES string of the molecule is CC/C=C\C/C=C\C/C=C\C/C=C\CCCCCCCCCCCCCCC(=O)OCC(COC(=O)CCCCCCCCCCCCCCCCCC)OC(=O)CCCCCCCCCC/C=C\C/C=C\C/C=C\C/C=C\CC. The fourth-order valence-electron chi connectivity index (χ4n) is 9.78. The van der Waals surface area contributed by atoms with Crippen molar-refractivity contribution in [1.82, 2.24) is 0 Å². The minimum atomic E-state index is -0.783. The summed E-state index contributed by atoms with van der Waals surface area (Å²) in [7, 11) is 0. The number of carbonyl (C=O) groups is 3. The van der Waals surface area contributed by atoms with E-state index in [1.807, 2.05) is 0 Å². The number of hydrogen-bond donors (Lipinski definition) is 0. The number of esters is 3. The molecule has 0 amide bonds. The lowest BCUT2D eigenvalue weighted by molar-refractivity contribution is -0.167. The highest BCUT2D eigenvalue weighted by atomic mass is 16.6. The summed E-state index contributed by atoms with van der Waals surface area (Å²) < 4.78 is 17.0. The van der Waals surface area contributed by atoms with E-state index in [4.69, 9.17) is 14.2 Å². The summed E-state index contributed by atoms with van der Waals surface area (Å²) in [6.45, 7) is 6.45. The smallest absolute Gasteiger partial charge is 0.306 e. The molecule has 0 heterocycles. The summed E-state index contributed by atoms with van der Waals surface area (Å²) in [5.74, 6) is -0.871. The van der Waals surface area contributed by atoms with Crippen LogP contribution in [0.4, 0.5) is 0 Å². The predicted octanol–water partition coefficient (Wildman–Crippen LogP) is 23.6. The zero-order valence-corrected chi connectivity index (χ0v) is 52.8. The molecular weight excluding hydrogens is 985 g/mol. The molecule has 6 nitrogen and oxygen atoms in total. The van der Waals surface area contributed by atoms with Crippen molar-refractivity contribution in [3.63, 3.8) is 0 Å². The Hall–Kier alpha value is -3.67. The van der Waals surface area contributed by atoms with Crippen LogP contribution in [0.2, 0.25) is 0 Å². The van der Waals surface area contributed by atoms with Crippen LogP contribution in [0, 0.1) is 0 Å². The van der Waals surface area contributed by atoms with Crippen LogP contribution in [0.25, 0.3) is 0 Å². The summed E-state index contributed by atoms with van der Waals surface area (Å²) in [6, 6.07) is 0. The van der Waals surface area contributed by atoms with Crippen LogP contribution in [0.1, 0.15) is 335 Å². The molecule has 460 valence electrons. The lowest BCUT2D eigenvalue weighted by Crippen LogP contribution is -2.30. The maximum absolute atomic E-state index is 13.0. The van der Waals surface area contributed by atoms with Crippen LogP contribution < -0.4 is 0 Å². The van der Waals surface area contributed by atoms with Gasteiger partial charge in [-0.3, -0.25) is 14.4 Å². The summed E-state index contributed by atoms with van der Waals surface area (Å²) in [5, 5.41) is 0. The molecule has 0 rings (SSSR count). The van der Waals surface area contributed by atoms with Gasteiger partial charge in [-0.2, -0.15) is 0 Å². The Labute approximate surface area is 496 Å². The molecule has 0 aromatic heterocycles. The maximum Gasteiger partial charge on any atom is 0.306 e. The molecule has 0 saturated carbocycles. The van der Waals surface area contributed by atoms with Gasteiger partial charge in [0.2, 0.25) is 0 Å². The second-order valence-electron chi connectivity index (χ2n) is 22.7. The van der Waals surface area contributed by atoms with Gasteiger partial charge in [0.25, 0.3) is 0 Å². The van der Waals surface area contributed by atoms with Crippen molar-refractivity contribution < 1.29 is 28.6 Å². The molecule has 0 aliphatic heterocycles. The lowest BCUT2D eigenvalue weighted by Gasteiger charge is -2.18. The van der Waals surface area contributed by atoms with E-state index in [9.17, 15) is 14.4 Å². The summed E-state index contributed by atoms with van der Waals surface area (Å²) in [6.07, 6.45) is 91.3. The molecule has 0 radical (unpaired) electrons. The standard InChI is InChI=1S/C74H128O6/c1-4-7-10-13-16-19-22-25-28-31-33-35-36-37-38-40-41-43-46-49-52-55-58-61-64-67-73(76)79-70-71(69-78-72(75)66-63-60-57-54-51-48-45-30-27-24-21-18-15-12-9-6-3)80-74(77)68-65-62-59-56-53-50-47-44-42-39-34-32-29-26-23-20-17-14-11-8-5-2/h7-8,10-11,16-17,19-20,25-26,28-29,33-35,39,71H,4-6,9,12-15,18,21-24,27,30-32,36-38,40-70H2,1-3H3/b10-7-,11-8-,19-16-,20-17-,28-25-,29-26-,35-33-,39-34-. The summed E-state index contributed by atoms with van der Waals surface area (Å²) >= 11 is 0. The molecule has 6 heteroatoms. The lowest BCUT2D eigenvalue weighted by atomic mass is 10.0. The highest BCUT2D eigenvalue weighted by Crippen LogP contribution is 2.17. The Morgan fingerprint density at radius 2 is 0.487 bits per heavy atom. The first-order chi connectivity index (χ1) is 39.5. The number of rotatable bonds is 62. The molecule has 0 fully saturated rings. The van der Waals surface area contributed by atoms with E-state index in [0.29, 0.717) is 19.3 Å². The number of carbonyl (C=O) groups excluding carboxylic acids is 3. The third-order valence-corrected chi connectivity index (χ3v) is 14.8. The molecule has 0 aromatic rings. The Balaban J connectivity index is 4.35. The highest BCUT2D eigenvalue weighted by molar-refractivity contribution is 5.71. The molecule has 0 bridgehead atoms. The van der Waals surface area contributed by atoms with E-state index >= 15 is 0 Å². The first-order valence-corrected chi connectivity index (χ1v) is 34.2. The van der Waals surface area contributed by atoms with Gasteiger partial charge < -0.3 is 14.2 Å².